The zero-order chi connectivity index (χ0) is 23.0. The summed E-state index contributed by atoms with van der Waals surface area (Å²) in [6.45, 7) is 1.61. The van der Waals surface area contributed by atoms with Gasteiger partial charge >= 0.3 is 6.18 Å². The van der Waals surface area contributed by atoms with Crippen molar-refractivity contribution in [2.75, 3.05) is 18.5 Å². The molecule has 3 heterocycles. The zero-order valence-electron chi connectivity index (χ0n) is 18.2. The summed E-state index contributed by atoms with van der Waals surface area (Å²) >= 11 is 6.24. The average molecular weight is 479 g/mol. The van der Waals surface area contributed by atoms with Crippen LogP contribution in [0.15, 0.2) is 30.6 Å². The summed E-state index contributed by atoms with van der Waals surface area (Å²) in [6.07, 6.45) is 4.89. The molecule has 0 spiro atoms. The predicted molar refractivity (Wildman–Crippen MR) is 121 cm³/mol. The second-order valence-electron chi connectivity index (χ2n) is 9.04. The van der Waals surface area contributed by atoms with Crippen molar-refractivity contribution in [3.05, 3.63) is 47.0 Å². The molecule has 1 saturated heterocycles. The molecule has 1 aromatic carbocycles. The fourth-order valence-electron chi connectivity index (χ4n) is 4.98. The van der Waals surface area contributed by atoms with Gasteiger partial charge in [0.15, 0.2) is 17.0 Å². The first-order valence-electron chi connectivity index (χ1n) is 11.4. The molecule has 176 valence electrons. The van der Waals surface area contributed by atoms with E-state index in [4.69, 9.17) is 11.6 Å². The molecule has 1 aliphatic carbocycles. The highest BCUT2D eigenvalue weighted by Gasteiger charge is 2.30. The summed E-state index contributed by atoms with van der Waals surface area (Å²) in [5.74, 6) is 1.04. The predicted octanol–water partition coefficient (Wildman–Crippen LogP) is 5.90. The van der Waals surface area contributed by atoms with Crippen molar-refractivity contribution in [1.29, 1.82) is 0 Å². The normalized spacial score (nSPS) is 18.9. The summed E-state index contributed by atoms with van der Waals surface area (Å²) in [5.41, 5.74) is 5.20. The first kappa shape index (κ1) is 22.4. The Morgan fingerprint density at radius 2 is 1.70 bits per heavy atom. The van der Waals surface area contributed by atoms with E-state index in [-0.39, 0.29) is 5.28 Å². The van der Waals surface area contributed by atoms with E-state index in [2.05, 4.69) is 30.0 Å². The number of nitrogens with one attached hydrogen (secondary N) is 1. The molecule has 2 aliphatic rings. The van der Waals surface area contributed by atoms with Crippen LogP contribution in [0.2, 0.25) is 5.28 Å². The van der Waals surface area contributed by atoms with Crippen LogP contribution in [0.4, 0.5) is 19.0 Å². The summed E-state index contributed by atoms with van der Waals surface area (Å²) in [5, 5.41) is 2.30. The molecule has 33 heavy (non-hydrogen) atoms. The summed E-state index contributed by atoms with van der Waals surface area (Å²) in [4.78, 5) is 13.4. The van der Waals surface area contributed by atoms with Gasteiger partial charge in [0, 0.05) is 19.1 Å². The molecule has 6 nitrogen and oxygen atoms in total. The highest BCUT2D eigenvalue weighted by atomic mass is 35.5. The lowest BCUT2D eigenvalue weighted by Crippen LogP contribution is -2.38. The minimum absolute atomic E-state index is 0.196. The van der Waals surface area contributed by atoms with Crippen LogP contribution in [0.3, 0.4) is 0 Å². The van der Waals surface area contributed by atoms with E-state index in [1.165, 1.54) is 25.0 Å². The molecule has 0 bridgehead atoms. The van der Waals surface area contributed by atoms with E-state index in [0.717, 1.165) is 61.9 Å². The number of nitrogens with zero attached hydrogens (tertiary/aromatic N) is 5. The van der Waals surface area contributed by atoms with Crippen LogP contribution in [0, 0.1) is 5.92 Å². The van der Waals surface area contributed by atoms with E-state index in [9.17, 15) is 13.2 Å². The lowest BCUT2D eigenvalue weighted by Gasteiger charge is -2.32. The third-order valence-electron chi connectivity index (χ3n) is 6.80. The monoisotopic (exact) mass is 478 g/mol. The first-order chi connectivity index (χ1) is 15.9. The van der Waals surface area contributed by atoms with E-state index in [1.54, 1.807) is 12.1 Å². The SMILES string of the molecule is FC(F)(F)c1ccc(CC2CCN(Nc3nc(Cl)nc4c3ncn4C3CCCC3)CC2)cc1. The maximum absolute atomic E-state index is 12.8. The van der Waals surface area contributed by atoms with Crippen molar-refractivity contribution in [3.63, 3.8) is 0 Å². The van der Waals surface area contributed by atoms with Gasteiger partial charge in [-0.25, -0.2) is 9.99 Å². The Kier molecular flexibility index (Phi) is 6.18. The fourth-order valence-corrected chi connectivity index (χ4v) is 5.14. The molecule has 0 unspecified atom stereocenters. The molecule has 0 atom stereocenters. The van der Waals surface area contributed by atoms with Crippen LogP contribution in [0.5, 0.6) is 0 Å². The van der Waals surface area contributed by atoms with Crippen LogP contribution < -0.4 is 5.43 Å². The Balaban J connectivity index is 1.21. The smallest absolute Gasteiger partial charge is 0.312 e. The van der Waals surface area contributed by atoms with E-state index < -0.39 is 11.7 Å². The van der Waals surface area contributed by atoms with Gasteiger partial charge in [-0.05, 0) is 67.3 Å². The van der Waals surface area contributed by atoms with Crippen molar-refractivity contribution in [1.82, 2.24) is 24.5 Å². The number of hydrogen-bond donors (Lipinski definition) is 1. The van der Waals surface area contributed by atoms with Gasteiger partial charge < -0.3 is 9.99 Å². The lowest BCUT2D eigenvalue weighted by atomic mass is 9.90. The molecule has 0 radical (unpaired) electrons. The number of fused-ring (bicyclic) bond motifs is 1. The molecule has 1 N–H and O–H groups in total. The summed E-state index contributed by atoms with van der Waals surface area (Å²) in [7, 11) is 0. The number of alkyl halides is 3. The van der Waals surface area contributed by atoms with E-state index in [1.807, 2.05) is 6.33 Å². The molecular weight excluding hydrogens is 453 g/mol. The molecule has 1 aliphatic heterocycles. The van der Waals surface area contributed by atoms with Gasteiger partial charge in [-0.2, -0.15) is 23.1 Å². The summed E-state index contributed by atoms with van der Waals surface area (Å²) < 4.78 is 40.4. The third kappa shape index (κ3) is 4.94. The molecule has 2 aromatic heterocycles. The zero-order valence-corrected chi connectivity index (χ0v) is 18.9. The molecule has 2 fully saturated rings. The molecular formula is C23H26ClF3N6. The van der Waals surface area contributed by atoms with Gasteiger partial charge in [-0.1, -0.05) is 25.0 Å². The Morgan fingerprint density at radius 1 is 1.00 bits per heavy atom. The second kappa shape index (κ2) is 9.10. The van der Waals surface area contributed by atoms with Crippen molar-refractivity contribution in [2.45, 2.75) is 57.2 Å². The van der Waals surface area contributed by atoms with Gasteiger partial charge in [0.1, 0.15) is 0 Å². The largest absolute Gasteiger partial charge is 0.416 e. The maximum atomic E-state index is 12.8. The Labute approximate surface area is 195 Å². The third-order valence-corrected chi connectivity index (χ3v) is 6.97. The van der Waals surface area contributed by atoms with Crippen LogP contribution in [-0.4, -0.2) is 37.6 Å². The van der Waals surface area contributed by atoms with E-state index in [0.29, 0.717) is 17.8 Å². The van der Waals surface area contributed by atoms with Crippen LogP contribution in [0.25, 0.3) is 11.2 Å². The minimum Gasteiger partial charge on any atom is -0.312 e. The number of hydrogen-bond acceptors (Lipinski definition) is 5. The van der Waals surface area contributed by atoms with Crippen molar-refractivity contribution in [3.8, 4) is 0 Å². The Hall–Kier alpha value is -2.39. The molecule has 3 aromatic rings. The second-order valence-corrected chi connectivity index (χ2v) is 9.38. The standard InChI is InChI=1S/C23H26ClF3N6/c24-22-29-20(19-21(30-22)33(14-28-19)18-3-1-2-4-18)31-32-11-9-16(10-12-32)13-15-5-7-17(8-6-15)23(25,26)27/h5-8,14,16,18H,1-4,9-13H2,(H,29,30,31). The van der Waals surface area contributed by atoms with Crippen LogP contribution >= 0.6 is 11.6 Å². The van der Waals surface area contributed by atoms with Crippen molar-refractivity contribution >= 4 is 28.6 Å². The van der Waals surface area contributed by atoms with Gasteiger partial charge in [-0.15, -0.1) is 0 Å². The fraction of sp³-hybridized carbons (Fsp3) is 0.522. The Bertz CT molecular complexity index is 1100. The van der Waals surface area contributed by atoms with Crippen molar-refractivity contribution < 1.29 is 13.2 Å². The number of halogens is 4. The highest BCUT2D eigenvalue weighted by molar-refractivity contribution is 6.28. The number of aromatic nitrogens is 4. The molecule has 5 rings (SSSR count). The van der Waals surface area contributed by atoms with E-state index >= 15 is 0 Å². The molecule has 0 amide bonds. The molecule has 1 saturated carbocycles. The van der Waals surface area contributed by atoms with Crippen LogP contribution in [0.1, 0.15) is 55.7 Å². The van der Waals surface area contributed by atoms with Gasteiger partial charge in [0.25, 0.3) is 0 Å². The quantitative estimate of drug-likeness (QED) is 0.463. The minimum atomic E-state index is -4.29. The number of benzene rings is 1. The number of piperidine rings is 1. The molecule has 10 heteroatoms. The van der Waals surface area contributed by atoms with Crippen molar-refractivity contribution in [2.24, 2.45) is 5.92 Å². The summed E-state index contributed by atoms with van der Waals surface area (Å²) in [6, 6.07) is 5.93. The van der Waals surface area contributed by atoms with Gasteiger partial charge in [-0.3, -0.25) is 0 Å². The number of hydrazine groups is 1. The Morgan fingerprint density at radius 3 is 2.36 bits per heavy atom. The number of rotatable bonds is 5. The number of anilines is 1. The number of imidazole rings is 1. The topological polar surface area (TPSA) is 58.9 Å². The first-order valence-corrected chi connectivity index (χ1v) is 11.8. The average Bonchev–Trinajstić information content (AvgIpc) is 3.44. The maximum Gasteiger partial charge on any atom is 0.416 e. The van der Waals surface area contributed by atoms with Gasteiger partial charge in [0.2, 0.25) is 5.28 Å². The van der Waals surface area contributed by atoms with Gasteiger partial charge in [0.05, 0.1) is 11.9 Å². The van der Waals surface area contributed by atoms with Crippen LogP contribution in [-0.2, 0) is 12.6 Å². The lowest BCUT2D eigenvalue weighted by molar-refractivity contribution is -0.137. The highest BCUT2D eigenvalue weighted by Crippen LogP contribution is 2.34.